The maximum Gasteiger partial charge on any atom is 0.267 e. The summed E-state index contributed by atoms with van der Waals surface area (Å²) in [5.74, 6) is -0.952. The van der Waals surface area contributed by atoms with Gasteiger partial charge in [0.15, 0.2) is 0 Å². The fourth-order valence-electron chi connectivity index (χ4n) is 4.04. The van der Waals surface area contributed by atoms with Gasteiger partial charge in [-0.05, 0) is 61.0 Å². The lowest BCUT2D eigenvalue weighted by Gasteiger charge is -2.15. The van der Waals surface area contributed by atoms with Gasteiger partial charge in [0, 0.05) is 28.2 Å². The number of hydrogen-bond donors (Lipinski definition) is 2. The topological polar surface area (TPSA) is 84.2 Å². The molecule has 0 bridgehead atoms. The van der Waals surface area contributed by atoms with Crippen LogP contribution in [0.25, 0.3) is 31.7 Å². The van der Waals surface area contributed by atoms with Gasteiger partial charge in [-0.25, -0.2) is 4.98 Å². The number of unbranched alkanes of at least 4 members (excludes halogenated alkanes) is 1. The third-order valence-electron chi connectivity index (χ3n) is 5.85. The highest BCUT2D eigenvalue weighted by Crippen LogP contribution is 2.32. The van der Waals surface area contributed by atoms with Crippen molar-refractivity contribution in [2.45, 2.75) is 26.3 Å². The summed E-state index contributed by atoms with van der Waals surface area (Å²) in [5, 5.41) is 15.5. The Hall–Kier alpha value is -3.68. The van der Waals surface area contributed by atoms with Crippen molar-refractivity contribution in [1.82, 2.24) is 9.55 Å². The van der Waals surface area contributed by atoms with Gasteiger partial charge in [-0.2, -0.15) is 0 Å². The van der Waals surface area contributed by atoms with Crippen LogP contribution in [-0.2, 0) is 6.54 Å². The van der Waals surface area contributed by atoms with Gasteiger partial charge < -0.3 is 15.0 Å². The Morgan fingerprint density at radius 3 is 2.66 bits per heavy atom. The van der Waals surface area contributed by atoms with Crippen molar-refractivity contribution in [2.24, 2.45) is 0 Å². The number of pyridine rings is 1. The highest BCUT2D eigenvalue weighted by atomic mass is 35.5. The van der Waals surface area contributed by atoms with Crippen LogP contribution in [-0.4, -0.2) is 20.6 Å². The Kier molecular flexibility index (Phi) is 6.28. The first-order valence-electron chi connectivity index (χ1n) is 11.3. The molecule has 1 amide bonds. The molecule has 5 rings (SSSR count). The summed E-state index contributed by atoms with van der Waals surface area (Å²) < 4.78 is 2.56. The van der Waals surface area contributed by atoms with E-state index in [1.807, 2.05) is 43.3 Å². The lowest BCUT2D eigenvalue weighted by molar-refractivity contribution is 0.102. The number of carbonyl (C=O) groups excluding carboxylic acids is 1. The second-order valence-corrected chi connectivity index (χ2v) is 9.68. The molecule has 0 saturated carbocycles. The lowest BCUT2D eigenvalue weighted by Crippen LogP contribution is -2.30. The number of carbonyl (C=O) groups is 1. The molecule has 0 atom stereocenters. The van der Waals surface area contributed by atoms with Gasteiger partial charge in [0.25, 0.3) is 11.5 Å². The molecule has 5 aromatic rings. The number of thiazole rings is 1. The molecule has 176 valence electrons. The summed E-state index contributed by atoms with van der Waals surface area (Å²) in [5.41, 5.74) is 2.13. The average molecular weight is 504 g/mol. The number of rotatable bonds is 6. The third kappa shape index (κ3) is 4.40. The minimum absolute atomic E-state index is 0.257. The molecule has 0 aliphatic rings. The second-order valence-electron chi connectivity index (χ2n) is 8.21. The first kappa shape index (κ1) is 23.1. The van der Waals surface area contributed by atoms with Gasteiger partial charge in [-0.1, -0.05) is 37.1 Å². The quantitative estimate of drug-likeness (QED) is 0.270. The van der Waals surface area contributed by atoms with Crippen LogP contribution in [0.15, 0.2) is 71.5 Å². The van der Waals surface area contributed by atoms with Crippen LogP contribution in [0.5, 0.6) is 5.75 Å². The molecule has 0 aliphatic heterocycles. The smallest absolute Gasteiger partial charge is 0.267 e. The predicted molar refractivity (Wildman–Crippen MR) is 143 cm³/mol. The van der Waals surface area contributed by atoms with E-state index in [0.717, 1.165) is 33.6 Å². The number of fused-ring (bicyclic) bond motifs is 2. The van der Waals surface area contributed by atoms with Crippen LogP contribution in [0.1, 0.15) is 30.1 Å². The summed E-state index contributed by atoms with van der Waals surface area (Å²) in [6, 6.07) is 19.9. The molecule has 0 fully saturated rings. The van der Waals surface area contributed by atoms with Crippen molar-refractivity contribution in [1.29, 1.82) is 0 Å². The van der Waals surface area contributed by atoms with E-state index < -0.39 is 11.5 Å². The number of anilines is 1. The molecule has 2 heterocycles. The molecule has 3 aromatic carbocycles. The molecular weight excluding hydrogens is 482 g/mol. The molecule has 0 radical (unpaired) electrons. The zero-order valence-corrected chi connectivity index (χ0v) is 20.5. The van der Waals surface area contributed by atoms with Crippen LogP contribution in [0.2, 0.25) is 5.02 Å². The molecule has 6 nitrogen and oxygen atoms in total. The maximum atomic E-state index is 13.2. The number of halogens is 1. The number of nitrogens with one attached hydrogen (secondary N) is 1. The van der Waals surface area contributed by atoms with Gasteiger partial charge in [0.2, 0.25) is 0 Å². The monoisotopic (exact) mass is 503 g/mol. The molecule has 0 unspecified atom stereocenters. The normalized spacial score (nSPS) is 11.3. The van der Waals surface area contributed by atoms with Crippen LogP contribution < -0.4 is 10.9 Å². The van der Waals surface area contributed by atoms with Crippen LogP contribution in [0.3, 0.4) is 0 Å². The van der Waals surface area contributed by atoms with E-state index in [9.17, 15) is 14.7 Å². The van der Waals surface area contributed by atoms with Crippen molar-refractivity contribution < 1.29 is 9.90 Å². The highest BCUT2D eigenvalue weighted by Gasteiger charge is 2.22. The van der Waals surface area contributed by atoms with E-state index in [1.165, 1.54) is 11.3 Å². The summed E-state index contributed by atoms with van der Waals surface area (Å²) >= 11 is 7.61. The molecule has 0 aliphatic carbocycles. The summed E-state index contributed by atoms with van der Waals surface area (Å²) in [6.07, 6.45) is 1.69. The zero-order chi connectivity index (χ0) is 24.5. The molecule has 8 heteroatoms. The van der Waals surface area contributed by atoms with Crippen molar-refractivity contribution in [3.05, 3.63) is 87.7 Å². The fraction of sp³-hybridized carbons (Fsp3) is 0.148. The van der Waals surface area contributed by atoms with Crippen LogP contribution >= 0.6 is 22.9 Å². The Labute approximate surface area is 210 Å². The second kappa shape index (κ2) is 9.52. The Morgan fingerprint density at radius 1 is 1.11 bits per heavy atom. The van der Waals surface area contributed by atoms with Gasteiger partial charge in [-0.15, -0.1) is 11.3 Å². The van der Waals surface area contributed by atoms with E-state index in [0.29, 0.717) is 28.2 Å². The number of aromatic nitrogens is 2. The molecular formula is C27H22ClN3O3S. The zero-order valence-electron chi connectivity index (χ0n) is 18.9. The first-order chi connectivity index (χ1) is 17.0. The minimum atomic E-state index is -0.647. The van der Waals surface area contributed by atoms with Crippen molar-refractivity contribution in [3.8, 4) is 16.3 Å². The number of aromatic hydroxyl groups is 1. The van der Waals surface area contributed by atoms with Gasteiger partial charge >= 0.3 is 0 Å². The number of nitrogens with zero attached hydrogens (tertiary/aromatic N) is 2. The first-order valence-corrected chi connectivity index (χ1v) is 12.5. The number of benzene rings is 3. The van der Waals surface area contributed by atoms with Crippen molar-refractivity contribution in [2.75, 3.05) is 5.32 Å². The standard InChI is InChI=1S/C27H22ClN3O3S/c1-2-3-14-31-21-7-5-4-6-19(21)24(32)23(27(31)34)25(33)29-18-11-8-16(9-12-18)26-30-20-13-10-17(28)15-22(20)35-26/h4-13,15,32H,2-3,14H2,1H3,(H,29,33). The lowest BCUT2D eigenvalue weighted by atomic mass is 10.1. The van der Waals surface area contributed by atoms with E-state index >= 15 is 0 Å². The Bertz CT molecular complexity index is 1620. The third-order valence-corrected chi connectivity index (χ3v) is 7.15. The molecule has 0 spiro atoms. The number of aryl methyl sites for hydroxylation is 1. The van der Waals surface area contributed by atoms with E-state index in [-0.39, 0.29) is 11.3 Å². The SMILES string of the molecule is CCCCn1c(=O)c(C(=O)Nc2ccc(-c3nc4ccc(Cl)cc4s3)cc2)c(O)c2ccccc21. The maximum absolute atomic E-state index is 13.2. The van der Waals surface area contributed by atoms with E-state index in [4.69, 9.17) is 11.6 Å². The largest absolute Gasteiger partial charge is 0.506 e. The minimum Gasteiger partial charge on any atom is -0.506 e. The van der Waals surface area contributed by atoms with Gasteiger partial charge in [-0.3, -0.25) is 9.59 Å². The number of para-hydroxylation sites is 1. The van der Waals surface area contributed by atoms with Crippen LogP contribution in [0.4, 0.5) is 5.69 Å². The van der Waals surface area contributed by atoms with Crippen LogP contribution in [0, 0.1) is 0 Å². The van der Waals surface area contributed by atoms with Gasteiger partial charge in [0.1, 0.15) is 16.3 Å². The predicted octanol–water partition coefficient (Wildman–Crippen LogP) is 6.69. The van der Waals surface area contributed by atoms with Crippen molar-refractivity contribution in [3.63, 3.8) is 0 Å². The van der Waals surface area contributed by atoms with Gasteiger partial charge in [0.05, 0.1) is 15.7 Å². The molecule has 35 heavy (non-hydrogen) atoms. The summed E-state index contributed by atoms with van der Waals surface area (Å²) in [4.78, 5) is 31.0. The summed E-state index contributed by atoms with van der Waals surface area (Å²) in [7, 11) is 0. The number of amides is 1. The van der Waals surface area contributed by atoms with E-state index in [1.54, 1.807) is 34.9 Å². The summed E-state index contributed by atoms with van der Waals surface area (Å²) in [6.45, 7) is 2.51. The molecule has 0 saturated heterocycles. The molecule has 2 aromatic heterocycles. The highest BCUT2D eigenvalue weighted by molar-refractivity contribution is 7.21. The van der Waals surface area contributed by atoms with E-state index in [2.05, 4.69) is 10.3 Å². The van der Waals surface area contributed by atoms with Crippen molar-refractivity contribution >= 4 is 55.7 Å². The average Bonchev–Trinajstić information content (AvgIpc) is 3.28. The molecule has 2 N–H and O–H groups in total. The number of hydrogen-bond acceptors (Lipinski definition) is 5. The Morgan fingerprint density at radius 2 is 1.89 bits per heavy atom. The Balaban J connectivity index is 1.45. The fourth-order valence-corrected chi connectivity index (χ4v) is 5.29.